The largest absolute Gasteiger partial charge is 0.368 e. The van der Waals surface area contributed by atoms with Crippen LogP contribution in [0.3, 0.4) is 0 Å². The van der Waals surface area contributed by atoms with Gasteiger partial charge in [0.25, 0.3) is 0 Å². The zero-order chi connectivity index (χ0) is 21.6. The molecule has 0 unspecified atom stereocenters. The van der Waals surface area contributed by atoms with E-state index in [2.05, 4.69) is 4.90 Å². The topological polar surface area (TPSA) is 43.9 Å². The van der Waals surface area contributed by atoms with Crippen molar-refractivity contribution < 1.29 is 14.0 Å². The standard InChI is InChI=1S/C24H25ClFN3O2/c25-18-2-1-3-20(14-18)27-10-12-28(13-11-27)23(31)24(17-4-6-19(26)7-5-17)15-21-8-9-22(30)29(21)16-24/h1-7,14,21H,8-13,15-16H2/t21-,24-/m0/s1. The number of amides is 2. The van der Waals surface area contributed by atoms with Crippen molar-refractivity contribution in [3.63, 3.8) is 0 Å². The van der Waals surface area contributed by atoms with Gasteiger partial charge in [0.05, 0.1) is 5.41 Å². The summed E-state index contributed by atoms with van der Waals surface area (Å²) in [7, 11) is 0. The molecule has 3 aliphatic rings. The van der Waals surface area contributed by atoms with Crippen LogP contribution >= 0.6 is 11.6 Å². The fourth-order valence-corrected chi connectivity index (χ4v) is 5.56. The van der Waals surface area contributed by atoms with Crippen LogP contribution in [0.4, 0.5) is 10.1 Å². The average Bonchev–Trinajstić information content (AvgIpc) is 3.33. The van der Waals surface area contributed by atoms with Gasteiger partial charge in [-0.2, -0.15) is 0 Å². The predicted octanol–water partition coefficient (Wildman–Crippen LogP) is 3.46. The molecule has 0 aliphatic carbocycles. The summed E-state index contributed by atoms with van der Waals surface area (Å²) in [4.78, 5) is 32.3. The number of halogens is 2. The molecule has 2 amide bonds. The van der Waals surface area contributed by atoms with Gasteiger partial charge in [0.1, 0.15) is 5.82 Å². The van der Waals surface area contributed by atoms with Crippen LogP contribution in [0.25, 0.3) is 0 Å². The van der Waals surface area contributed by atoms with Gasteiger partial charge in [0.15, 0.2) is 0 Å². The molecule has 0 radical (unpaired) electrons. The maximum atomic E-state index is 13.9. The zero-order valence-corrected chi connectivity index (χ0v) is 18.0. The first-order valence-electron chi connectivity index (χ1n) is 10.8. The first-order valence-corrected chi connectivity index (χ1v) is 11.2. The van der Waals surface area contributed by atoms with Crippen LogP contribution < -0.4 is 4.90 Å². The number of benzene rings is 2. The molecule has 3 aliphatic heterocycles. The van der Waals surface area contributed by atoms with Crippen LogP contribution in [-0.4, -0.2) is 60.4 Å². The Bertz CT molecular complexity index is 1010. The van der Waals surface area contributed by atoms with E-state index in [1.807, 2.05) is 34.1 Å². The second-order valence-corrected chi connectivity index (χ2v) is 9.20. The third-order valence-electron chi connectivity index (χ3n) is 7.02. The van der Waals surface area contributed by atoms with Crippen molar-refractivity contribution in [3.05, 3.63) is 64.9 Å². The maximum absolute atomic E-state index is 13.9. The van der Waals surface area contributed by atoms with Crippen LogP contribution in [0.5, 0.6) is 0 Å². The minimum atomic E-state index is -0.799. The Morgan fingerprint density at radius 2 is 1.81 bits per heavy atom. The van der Waals surface area contributed by atoms with Gasteiger partial charge in [-0.1, -0.05) is 29.8 Å². The van der Waals surface area contributed by atoms with E-state index in [1.165, 1.54) is 12.1 Å². The first-order chi connectivity index (χ1) is 15.0. The molecular weight excluding hydrogens is 417 g/mol. The van der Waals surface area contributed by atoms with Crippen molar-refractivity contribution >= 4 is 29.1 Å². The quantitative estimate of drug-likeness (QED) is 0.732. The molecule has 0 aromatic heterocycles. The van der Waals surface area contributed by atoms with Gasteiger partial charge >= 0.3 is 0 Å². The molecule has 2 aromatic carbocycles. The lowest BCUT2D eigenvalue weighted by molar-refractivity contribution is -0.138. The SMILES string of the molecule is O=C1CC[C@H]2C[C@@](C(=O)N3CCN(c4cccc(Cl)c4)CC3)(c3ccc(F)cc3)CN12. The number of carbonyl (C=O) groups excluding carboxylic acids is 2. The number of fused-ring (bicyclic) bond motifs is 1. The molecule has 2 aromatic rings. The fourth-order valence-electron chi connectivity index (χ4n) is 5.38. The Kier molecular flexibility index (Phi) is 5.13. The molecule has 31 heavy (non-hydrogen) atoms. The second kappa shape index (κ2) is 7.83. The van der Waals surface area contributed by atoms with Crippen LogP contribution in [0.2, 0.25) is 5.02 Å². The minimum Gasteiger partial charge on any atom is -0.368 e. The maximum Gasteiger partial charge on any atom is 0.235 e. The number of piperazine rings is 1. The molecule has 0 N–H and O–H groups in total. The second-order valence-electron chi connectivity index (χ2n) is 8.77. The van der Waals surface area contributed by atoms with Crippen LogP contribution in [0.1, 0.15) is 24.8 Å². The number of hydrogen-bond acceptors (Lipinski definition) is 3. The molecule has 0 saturated carbocycles. The molecule has 2 atom stereocenters. The summed E-state index contributed by atoms with van der Waals surface area (Å²) in [5.74, 6) is -0.157. The Labute approximate surface area is 186 Å². The Morgan fingerprint density at radius 3 is 2.48 bits per heavy atom. The number of anilines is 1. The van der Waals surface area contributed by atoms with E-state index in [-0.39, 0.29) is 23.7 Å². The summed E-state index contributed by atoms with van der Waals surface area (Å²) in [6.07, 6.45) is 1.95. The Morgan fingerprint density at radius 1 is 1.06 bits per heavy atom. The highest BCUT2D eigenvalue weighted by molar-refractivity contribution is 6.30. The van der Waals surface area contributed by atoms with Gasteiger partial charge in [-0.05, 0) is 48.7 Å². The van der Waals surface area contributed by atoms with Crippen molar-refractivity contribution in [3.8, 4) is 0 Å². The summed E-state index contributed by atoms with van der Waals surface area (Å²) in [6.45, 7) is 3.03. The van der Waals surface area contributed by atoms with Gasteiger partial charge in [-0.15, -0.1) is 0 Å². The molecule has 0 bridgehead atoms. The first kappa shape index (κ1) is 20.3. The van der Waals surface area contributed by atoms with E-state index < -0.39 is 5.41 Å². The van der Waals surface area contributed by atoms with Gasteiger partial charge in [0.2, 0.25) is 11.8 Å². The van der Waals surface area contributed by atoms with Crippen LogP contribution in [0, 0.1) is 5.82 Å². The average molecular weight is 442 g/mol. The van der Waals surface area contributed by atoms with E-state index in [4.69, 9.17) is 11.6 Å². The number of carbonyl (C=O) groups is 2. The predicted molar refractivity (Wildman–Crippen MR) is 118 cm³/mol. The van der Waals surface area contributed by atoms with Crippen molar-refractivity contribution in [2.24, 2.45) is 0 Å². The van der Waals surface area contributed by atoms with E-state index in [0.29, 0.717) is 37.5 Å². The molecule has 162 valence electrons. The molecule has 5 rings (SSSR count). The Hall–Kier alpha value is -2.60. The summed E-state index contributed by atoms with van der Waals surface area (Å²) >= 11 is 6.13. The van der Waals surface area contributed by atoms with Crippen LogP contribution in [0.15, 0.2) is 48.5 Å². The molecule has 3 heterocycles. The molecule has 3 saturated heterocycles. The highest BCUT2D eigenvalue weighted by atomic mass is 35.5. The fraction of sp³-hybridized carbons (Fsp3) is 0.417. The summed E-state index contributed by atoms with van der Waals surface area (Å²) < 4.78 is 13.6. The normalized spacial score (nSPS) is 25.8. The van der Waals surface area contributed by atoms with Crippen molar-refractivity contribution in [2.75, 3.05) is 37.6 Å². The molecule has 5 nitrogen and oxygen atoms in total. The third kappa shape index (κ3) is 3.57. The van der Waals surface area contributed by atoms with Crippen LogP contribution in [-0.2, 0) is 15.0 Å². The molecule has 3 fully saturated rings. The number of rotatable bonds is 3. The summed E-state index contributed by atoms with van der Waals surface area (Å²) in [5, 5.41) is 0.697. The highest BCUT2D eigenvalue weighted by Crippen LogP contribution is 2.44. The number of nitrogens with zero attached hydrogens (tertiary/aromatic N) is 3. The van der Waals surface area contributed by atoms with Crippen molar-refractivity contribution in [1.29, 1.82) is 0 Å². The van der Waals surface area contributed by atoms with Gasteiger partial charge < -0.3 is 14.7 Å². The molecular formula is C24H25ClFN3O2. The van der Waals surface area contributed by atoms with Crippen molar-refractivity contribution in [2.45, 2.75) is 30.7 Å². The molecule has 7 heteroatoms. The lowest BCUT2D eigenvalue weighted by Gasteiger charge is -2.41. The minimum absolute atomic E-state index is 0.0482. The lowest BCUT2D eigenvalue weighted by Crippen LogP contribution is -2.55. The summed E-state index contributed by atoms with van der Waals surface area (Å²) in [5.41, 5.74) is 1.06. The van der Waals surface area contributed by atoms with E-state index in [9.17, 15) is 14.0 Å². The summed E-state index contributed by atoms with van der Waals surface area (Å²) in [6, 6.07) is 14.1. The number of hydrogen-bond donors (Lipinski definition) is 0. The van der Waals surface area contributed by atoms with E-state index in [0.717, 1.165) is 30.8 Å². The Balaban J connectivity index is 1.38. The van der Waals surface area contributed by atoms with Gasteiger partial charge in [-0.3, -0.25) is 9.59 Å². The van der Waals surface area contributed by atoms with E-state index in [1.54, 1.807) is 12.1 Å². The third-order valence-corrected chi connectivity index (χ3v) is 7.26. The van der Waals surface area contributed by atoms with Gasteiger partial charge in [0, 0.05) is 55.9 Å². The smallest absolute Gasteiger partial charge is 0.235 e. The monoisotopic (exact) mass is 441 g/mol. The zero-order valence-electron chi connectivity index (χ0n) is 17.3. The van der Waals surface area contributed by atoms with E-state index >= 15 is 0 Å². The highest BCUT2D eigenvalue weighted by Gasteiger charge is 2.55. The van der Waals surface area contributed by atoms with Gasteiger partial charge in [-0.25, -0.2) is 4.39 Å². The van der Waals surface area contributed by atoms with Crippen molar-refractivity contribution in [1.82, 2.24) is 9.80 Å². The lowest BCUT2D eigenvalue weighted by atomic mass is 9.76. The molecule has 0 spiro atoms.